The number of carboxylic acid groups (broad SMARTS) is 1. The summed E-state index contributed by atoms with van der Waals surface area (Å²) in [5, 5.41) is 25.2. The molecule has 3 aromatic rings. The lowest BCUT2D eigenvalue weighted by molar-refractivity contribution is -0.384. The lowest BCUT2D eigenvalue weighted by Gasteiger charge is -2.16. The number of carbonyl (C=O) groups excluding carboxylic acids is 1. The Hall–Kier alpha value is -3.55. The highest BCUT2D eigenvalue weighted by atomic mass is 16.6. The van der Waals surface area contributed by atoms with Crippen molar-refractivity contribution in [2.75, 3.05) is 5.32 Å². The molecule has 0 aliphatic heterocycles. The van der Waals surface area contributed by atoms with E-state index in [4.69, 9.17) is 0 Å². The normalized spacial score (nSPS) is 11.9. The van der Waals surface area contributed by atoms with E-state index in [1.807, 2.05) is 30.3 Å². The molecular weight excluding hydrogens is 324 g/mol. The largest absolute Gasteiger partial charge is 0.548 e. The Bertz CT molecular complexity index is 960. The van der Waals surface area contributed by atoms with Crippen LogP contribution in [0.2, 0.25) is 0 Å². The fraction of sp³-hybridized carbons (Fsp3) is 0.118. The highest BCUT2D eigenvalue weighted by molar-refractivity contribution is 5.94. The van der Waals surface area contributed by atoms with Gasteiger partial charge in [-0.1, -0.05) is 30.3 Å². The number of hydrogen-bond donors (Lipinski definition) is 1. The van der Waals surface area contributed by atoms with Gasteiger partial charge in [-0.25, -0.2) is 9.97 Å². The first-order valence-corrected chi connectivity index (χ1v) is 7.44. The van der Waals surface area contributed by atoms with Gasteiger partial charge >= 0.3 is 0 Å². The molecule has 3 rings (SSSR count). The van der Waals surface area contributed by atoms with Crippen molar-refractivity contribution in [2.45, 2.75) is 13.0 Å². The van der Waals surface area contributed by atoms with Crippen LogP contribution >= 0.6 is 0 Å². The minimum absolute atomic E-state index is 0.0721. The number of fused-ring (bicyclic) bond motifs is 1. The molecule has 0 radical (unpaired) electrons. The topological polar surface area (TPSA) is 121 Å². The lowest BCUT2D eigenvalue weighted by atomic mass is 10.1. The molecule has 0 spiro atoms. The number of nitro benzene ring substituents is 1. The number of carboxylic acids is 1. The standard InChI is InChI=1S/C17H14N4O4/c1-10(16(22)23)18-17-19-14-8-7-12(21(24)25)9-13(14)15(20-17)11-5-3-2-4-6-11/h2-10H,1H3,(H,22,23)(H,18,19,20)/p-1. The van der Waals surface area contributed by atoms with Crippen molar-refractivity contribution in [2.24, 2.45) is 0 Å². The molecule has 8 heteroatoms. The summed E-state index contributed by atoms with van der Waals surface area (Å²) < 4.78 is 0. The molecule has 0 amide bonds. The molecule has 126 valence electrons. The Kier molecular flexibility index (Phi) is 4.25. The van der Waals surface area contributed by atoms with Crippen LogP contribution in [0.15, 0.2) is 48.5 Å². The second kappa shape index (κ2) is 6.52. The van der Waals surface area contributed by atoms with Gasteiger partial charge in [0.15, 0.2) is 0 Å². The number of aliphatic carboxylic acids is 1. The Morgan fingerprint density at radius 3 is 2.52 bits per heavy atom. The first kappa shape index (κ1) is 16.3. The van der Waals surface area contributed by atoms with E-state index in [1.54, 1.807) is 0 Å². The minimum Gasteiger partial charge on any atom is -0.548 e. The SMILES string of the molecule is CC(Nc1nc(-c2ccccc2)c2cc([N+](=O)[O-])ccc2n1)C(=O)[O-]. The summed E-state index contributed by atoms with van der Waals surface area (Å²) in [6, 6.07) is 12.4. The van der Waals surface area contributed by atoms with E-state index in [1.165, 1.54) is 25.1 Å². The van der Waals surface area contributed by atoms with Gasteiger partial charge in [-0.2, -0.15) is 0 Å². The quantitative estimate of drug-likeness (QED) is 0.556. The van der Waals surface area contributed by atoms with Crippen LogP contribution in [0, 0.1) is 10.1 Å². The van der Waals surface area contributed by atoms with Crippen LogP contribution in [0.25, 0.3) is 22.2 Å². The molecule has 0 saturated carbocycles. The maximum absolute atomic E-state index is 11.1. The van der Waals surface area contributed by atoms with E-state index in [0.717, 1.165) is 5.56 Å². The Labute approximate surface area is 142 Å². The van der Waals surface area contributed by atoms with Crippen LogP contribution < -0.4 is 10.4 Å². The lowest BCUT2D eigenvalue weighted by Crippen LogP contribution is -2.39. The van der Waals surface area contributed by atoms with Gasteiger partial charge in [0.1, 0.15) is 0 Å². The van der Waals surface area contributed by atoms with Crippen molar-refractivity contribution in [3.05, 3.63) is 58.6 Å². The summed E-state index contributed by atoms with van der Waals surface area (Å²) in [5.41, 5.74) is 1.60. The zero-order valence-corrected chi connectivity index (χ0v) is 13.2. The Morgan fingerprint density at radius 1 is 1.16 bits per heavy atom. The Morgan fingerprint density at radius 2 is 1.88 bits per heavy atom. The third-order valence-electron chi connectivity index (χ3n) is 3.64. The number of non-ortho nitro benzene ring substituents is 1. The number of hydrogen-bond acceptors (Lipinski definition) is 7. The highest BCUT2D eigenvalue weighted by Crippen LogP contribution is 2.30. The number of aromatic nitrogens is 2. The van der Waals surface area contributed by atoms with Gasteiger partial charge in [0.2, 0.25) is 5.95 Å². The van der Waals surface area contributed by atoms with Crippen LogP contribution in [0.5, 0.6) is 0 Å². The maximum Gasteiger partial charge on any atom is 0.270 e. The van der Waals surface area contributed by atoms with Crippen LogP contribution in [0.4, 0.5) is 11.6 Å². The molecule has 1 atom stereocenters. The molecule has 8 nitrogen and oxygen atoms in total. The molecule has 0 aliphatic carbocycles. The monoisotopic (exact) mass is 337 g/mol. The summed E-state index contributed by atoms with van der Waals surface area (Å²) >= 11 is 0. The smallest absolute Gasteiger partial charge is 0.270 e. The molecule has 0 saturated heterocycles. The molecular formula is C17H13N4O4-. The fourth-order valence-corrected chi connectivity index (χ4v) is 2.36. The molecule has 0 aliphatic rings. The average molecular weight is 337 g/mol. The molecule has 25 heavy (non-hydrogen) atoms. The number of nitrogens with one attached hydrogen (secondary N) is 1. The van der Waals surface area contributed by atoms with Crippen molar-refractivity contribution >= 4 is 28.5 Å². The summed E-state index contributed by atoms with van der Waals surface area (Å²) in [6.45, 7) is 1.42. The molecule has 1 heterocycles. The van der Waals surface area contributed by atoms with Gasteiger partial charge in [0.25, 0.3) is 5.69 Å². The van der Waals surface area contributed by atoms with Gasteiger partial charge < -0.3 is 15.2 Å². The van der Waals surface area contributed by atoms with E-state index in [2.05, 4.69) is 15.3 Å². The van der Waals surface area contributed by atoms with Crippen molar-refractivity contribution in [1.82, 2.24) is 9.97 Å². The average Bonchev–Trinajstić information content (AvgIpc) is 2.61. The second-order valence-electron chi connectivity index (χ2n) is 5.41. The van der Waals surface area contributed by atoms with Crippen LogP contribution in [0.1, 0.15) is 6.92 Å². The molecule has 0 fully saturated rings. The van der Waals surface area contributed by atoms with E-state index in [9.17, 15) is 20.0 Å². The number of nitro groups is 1. The van der Waals surface area contributed by atoms with Crippen molar-refractivity contribution < 1.29 is 14.8 Å². The van der Waals surface area contributed by atoms with Crippen molar-refractivity contribution in [3.63, 3.8) is 0 Å². The van der Waals surface area contributed by atoms with Crippen molar-refractivity contribution in [3.8, 4) is 11.3 Å². The van der Waals surface area contributed by atoms with Gasteiger partial charge in [-0.3, -0.25) is 10.1 Å². The predicted octanol–water partition coefficient (Wildman–Crippen LogP) is 1.76. The van der Waals surface area contributed by atoms with Gasteiger partial charge in [0.05, 0.1) is 28.1 Å². The van der Waals surface area contributed by atoms with Gasteiger partial charge in [0, 0.05) is 23.1 Å². The van der Waals surface area contributed by atoms with E-state index < -0.39 is 16.9 Å². The summed E-state index contributed by atoms with van der Waals surface area (Å²) in [7, 11) is 0. The molecule has 2 aromatic carbocycles. The second-order valence-corrected chi connectivity index (χ2v) is 5.41. The van der Waals surface area contributed by atoms with Crippen LogP contribution in [0.3, 0.4) is 0 Å². The van der Waals surface area contributed by atoms with E-state index >= 15 is 0 Å². The summed E-state index contributed by atoms with van der Waals surface area (Å²) in [5.74, 6) is -1.18. The molecule has 0 bridgehead atoms. The number of rotatable bonds is 5. The zero-order valence-electron chi connectivity index (χ0n) is 13.2. The van der Waals surface area contributed by atoms with E-state index in [0.29, 0.717) is 16.6 Å². The number of nitrogens with zero attached hydrogens (tertiary/aromatic N) is 3. The molecule has 1 unspecified atom stereocenters. The minimum atomic E-state index is -1.28. The first-order chi connectivity index (χ1) is 12.0. The number of carbonyl (C=O) groups is 1. The van der Waals surface area contributed by atoms with Crippen LogP contribution in [-0.4, -0.2) is 26.9 Å². The third-order valence-corrected chi connectivity index (χ3v) is 3.64. The third kappa shape index (κ3) is 3.37. The number of anilines is 1. The predicted molar refractivity (Wildman–Crippen MR) is 89.7 cm³/mol. The van der Waals surface area contributed by atoms with Gasteiger partial charge in [-0.05, 0) is 13.0 Å². The number of benzene rings is 2. The fourth-order valence-electron chi connectivity index (χ4n) is 2.36. The van der Waals surface area contributed by atoms with Gasteiger partial charge in [-0.15, -0.1) is 0 Å². The summed E-state index contributed by atoms with van der Waals surface area (Å²) in [4.78, 5) is 30.1. The van der Waals surface area contributed by atoms with Crippen LogP contribution in [-0.2, 0) is 4.79 Å². The first-order valence-electron chi connectivity index (χ1n) is 7.44. The van der Waals surface area contributed by atoms with Crippen molar-refractivity contribution in [1.29, 1.82) is 0 Å². The molecule has 1 aromatic heterocycles. The Balaban J connectivity index is 2.21. The highest BCUT2D eigenvalue weighted by Gasteiger charge is 2.15. The zero-order chi connectivity index (χ0) is 18.0. The molecule has 1 N–H and O–H groups in total. The maximum atomic E-state index is 11.1. The van der Waals surface area contributed by atoms with E-state index in [-0.39, 0.29) is 11.6 Å². The summed E-state index contributed by atoms with van der Waals surface area (Å²) in [6.07, 6.45) is 0.